The Kier molecular flexibility index (Phi) is 4.39. The molecule has 0 bridgehead atoms. The summed E-state index contributed by atoms with van der Waals surface area (Å²) in [6.07, 6.45) is 0. The zero-order valence-electron chi connectivity index (χ0n) is 11.7. The Bertz CT molecular complexity index is 624. The van der Waals surface area contributed by atoms with E-state index in [1.807, 2.05) is 11.4 Å². The van der Waals surface area contributed by atoms with Gasteiger partial charge in [-0.1, -0.05) is 0 Å². The fourth-order valence-corrected chi connectivity index (χ4v) is 3.08. The highest BCUT2D eigenvalue weighted by Crippen LogP contribution is 2.20. The van der Waals surface area contributed by atoms with Crippen LogP contribution in [0.2, 0.25) is 0 Å². The van der Waals surface area contributed by atoms with Crippen molar-refractivity contribution in [2.75, 3.05) is 36.5 Å². The molecule has 0 amide bonds. The molecular formula is C16H17N3OS. The van der Waals surface area contributed by atoms with Crippen molar-refractivity contribution in [1.29, 1.82) is 5.26 Å². The summed E-state index contributed by atoms with van der Waals surface area (Å²) >= 11 is 1.61. The smallest absolute Gasteiger partial charge is 0.100 e. The van der Waals surface area contributed by atoms with Crippen molar-refractivity contribution in [3.05, 3.63) is 46.2 Å². The third-order valence-corrected chi connectivity index (χ3v) is 4.43. The molecule has 2 heterocycles. The van der Waals surface area contributed by atoms with Crippen LogP contribution in [-0.2, 0) is 11.3 Å². The normalized spacial score (nSPS) is 14.7. The van der Waals surface area contributed by atoms with Gasteiger partial charge >= 0.3 is 0 Å². The number of nitrogens with one attached hydrogen (secondary N) is 1. The molecular weight excluding hydrogens is 282 g/mol. The van der Waals surface area contributed by atoms with E-state index in [4.69, 9.17) is 10.00 Å². The second-order valence-electron chi connectivity index (χ2n) is 4.91. The summed E-state index contributed by atoms with van der Waals surface area (Å²) in [6.45, 7) is 4.28. The lowest BCUT2D eigenvalue weighted by Crippen LogP contribution is -2.36. The topological polar surface area (TPSA) is 48.3 Å². The number of benzene rings is 1. The molecule has 4 nitrogen and oxygen atoms in total. The van der Waals surface area contributed by atoms with Crippen LogP contribution in [0.5, 0.6) is 0 Å². The average Bonchev–Trinajstić information content (AvgIpc) is 3.02. The molecule has 1 aromatic carbocycles. The minimum atomic E-state index is 0.736. The van der Waals surface area contributed by atoms with Crippen molar-refractivity contribution < 1.29 is 4.74 Å². The van der Waals surface area contributed by atoms with E-state index in [1.54, 1.807) is 11.3 Å². The van der Waals surface area contributed by atoms with E-state index in [0.717, 1.165) is 44.1 Å². The van der Waals surface area contributed by atoms with E-state index in [-0.39, 0.29) is 0 Å². The first kappa shape index (κ1) is 13.9. The van der Waals surface area contributed by atoms with Gasteiger partial charge in [0.05, 0.1) is 18.8 Å². The maximum atomic E-state index is 8.81. The minimum absolute atomic E-state index is 0.736. The number of anilines is 2. The molecule has 1 saturated heterocycles. The molecule has 0 unspecified atom stereocenters. The van der Waals surface area contributed by atoms with Gasteiger partial charge in [-0.3, -0.25) is 0 Å². The van der Waals surface area contributed by atoms with Crippen LogP contribution in [0, 0.1) is 11.3 Å². The quantitative estimate of drug-likeness (QED) is 0.942. The van der Waals surface area contributed by atoms with Gasteiger partial charge in [-0.25, -0.2) is 0 Å². The molecule has 2 aromatic rings. The standard InChI is InChI=1S/C16H17N3OS/c17-10-13-9-16(21-12-13)11-18-14-1-3-15(4-2-14)19-5-7-20-8-6-19/h1-4,9,12,18H,5-8,11H2. The molecule has 1 aliphatic rings. The summed E-state index contributed by atoms with van der Waals surface area (Å²) < 4.78 is 5.37. The SMILES string of the molecule is N#Cc1csc(CNc2ccc(N3CCOCC3)cc2)c1. The Labute approximate surface area is 128 Å². The first-order valence-corrected chi connectivity index (χ1v) is 7.87. The fraction of sp³-hybridized carbons (Fsp3) is 0.312. The van der Waals surface area contributed by atoms with Crippen molar-refractivity contribution in [3.63, 3.8) is 0 Å². The summed E-state index contributed by atoms with van der Waals surface area (Å²) in [6, 6.07) is 12.6. The molecule has 0 saturated carbocycles. The van der Waals surface area contributed by atoms with Crippen LogP contribution in [0.3, 0.4) is 0 Å². The Hall–Kier alpha value is -2.03. The van der Waals surface area contributed by atoms with Gasteiger partial charge in [-0.05, 0) is 30.3 Å². The lowest BCUT2D eigenvalue weighted by atomic mass is 10.2. The summed E-state index contributed by atoms with van der Waals surface area (Å²) in [5.74, 6) is 0. The largest absolute Gasteiger partial charge is 0.380 e. The van der Waals surface area contributed by atoms with E-state index < -0.39 is 0 Å². The average molecular weight is 299 g/mol. The number of hydrogen-bond acceptors (Lipinski definition) is 5. The zero-order valence-corrected chi connectivity index (χ0v) is 12.5. The van der Waals surface area contributed by atoms with E-state index in [2.05, 4.69) is 40.6 Å². The number of nitrogens with zero attached hydrogens (tertiary/aromatic N) is 2. The Morgan fingerprint density at radius 2 is 2.00 bits per heavy atom. The summed E-state index contributed by atoms with van der Waals surface area (Å²) in [4.78, 5) is 3.51. The van der Waals surface area contributed by atoms with Crippen LogP contribution in [0.4, 0.5) is 11.4 Å². The van der Waals surface area contributed by atoms with Crippen LogP contribution in [0.25, 0.3) is 0 Å². The van der Waals surface area contributed by atoms with Crippen LogP contribution in [0.1, 0.15) is 10.4 Å². The fourth-order valence-electron chi connectivity index (χ4n) is 2.33. The van der Waals surface area contributed by atoms with Gasteiger partial charge in [-0.2, -0.15) is 5.26 Å². The second-order valence-corrected chi connectivity index (χ2v) is 5.91. The maximum absolute atomic E-state index is 8.81. The minimum Gasteiger partial charge on any atom is -0.380 e. The number of ether oxygens (including phenoxy) is 1. The first-order valence-electron chi connectivity index (χ1n) is 6.99. The maximum Gasteiger partial charge on any atom is 0.100 e. The van der Waals surface area contributed by atoms with E-state index in [1.165, 1.54) is 10.6 Å². The number of hydrogen-bond donors (Lipinski definition) is 1. The highest BCUT2D eigenvalue weighted by atomic mass is 32.1. The molecule has 108 valence electrons. The second kappa shape index (κ2) is 6.61. The Morgan fingerprint density at radius 3 is 2.67 bits per heavy atom. The molecule has 3 rings (SSSR count). The van der Waals surface area contributed by atoms with E-state index in [9.17, 15) is 0 Å². The van der Waals surface area contributed by atoms with Crippen LogP contribution in [-0.4, -0.2) is 26.3 Å². The molecule has 1 N–H and O–H groups in total. The number of morpholine rings is 1. The van der Waals surface area contributed by atoms with Crippen molar-refractivity contribution in [2.45, 2.75) is 6.54 Å². The van der Waals surface area contributed by atoms with Gasteiger partial charge in [0.15, 0.2) is 0 Å². The predicted molar refractivity (Wildman–Crippen MR) is 85.8 cm³/mol. The summed E-state index contributed by atoms with van der Waals surface area (Å²) in [5.41, 5.74) is 3.07. The summed E-state index contributed by atoms with van der Waals surface area (Å²) in [5, 5.41) is 14.1. The van der Waals surface area contributed by atoms with Crippen LogP contribution >= 0.6 is 11.3 Å². The van der Waals surface area contributed by atoms with Crippen molar-refractivity contribution in [1.82, 2.24) is 0 Å². The first-order chi connectivity index (χ1) is 10.3. The van der Waals surface area contributed by atoms with Gasteiger partial charge in [-0.15, -0.1) is 11.3 Å². The molecule has 0 atom stereocenters. The number of thiophene rings is 1. The molecule has 21 heavy (non-hydrogen) atoms. The van der Waals surface area contributed by atoms with Crippen molar-refractivity contribution in [2.24, 2.45) is 0 Å². The van der Waals surface area contributed by atoms with Crippen LogP contribution < -0.4 is 10.2 Å². The van der Waals surface area contributed by atoms with Gasteiger partial charge in [0, 0.05) is 41.3 Å². The molecule has 1 aliphatic heterocycles. The van der Waals surface area contributed by atoms with Gasteiger partial charge < -0.3 is 15.0 Å². The molecule has 0 aliphatic carbocycles. The predicted octanol–water partition coefficient (Wildman–Crippen LogP) is 3.07. The Morgan fingerprint density at radius 1 is 1.24 bits per heavy atom. The Balaban J connectivity index is 1.58. The van der Waals surface area contributed by atoms with Gasteiger partial charge in [0.1, 0.15) is 6.07 Å². The molecule has 1 aromatic heterocycles. The molecule has 1 fully saturated rings. The third-order valence-electron chi connectivity index (χ3n) is 3.49. The third kappa shape index (κ3) is 3.54. The number of rotatable bonds is 4. The van der Waals surface area contributed by atoms with E-state index in [0.29, 0.717) is 0 Å². The number of nitriles is 1. The summed E-state index contributed by atoms with van der Waals surface area (Å²) in [7, 11) is 0. The lowest BCUT2D eigenvalue weighted by Gasteiger charge is -2.28. The van der Waals surface area contributed by atoms with Crippen LogP contribution in [0.15, 0.2) is 35.7 Å². The lowest BCUT2D eigenvalue weighted by molar-refractivity contribution is 0.122. The molecule has 5 heteroatoms. The zero-order chi connectivity index (χ0) is 14.5. The molecule has 0 radical (unpaired) electrons. The van der Waals surface area contributed by atoms with Gasteiger partial charge in [0.25, 0.3) is 0 Å². The van der Waals surface area contributed by atoms with Crippen molar-refractivity contribution >= 4 is 22.7 Å². The highest BCUT2D eigenvalue weighted by Gasteiger charge is 2.10. The van der Waals surface area contributed by atoms with E-state index >= 15 is 0 Å². The van der Waals surface area contributed by atoms with Crippen molar-refractivity contribution in [3.8, 4) is 6.07 Å². The van der Waals surface area contributed by atoms with Gasteiger partial charge in [0.2, 0.25) is 0 Å². The highest BCUT2D eigenvalue weighted by molar-refractivity contribution is 7.10. The molecule has 0 spiro atoms. The monoisotopic (exact) mass is 299 g/mol.